The Morgan fingerprint density at radius 1 is 1.24 bits per heavy atom. The molecule has 0 aliphatic heterocycles. The summed E-state index contributed by atoms with van der Waals surface area (Å²) in [6.45, 7) is -0.247. The summed E-state index contributed by atoms with van der Waals surface area (Å²) in [7, 11) is 0. The molecule has 25 heavy (non-hydrogen) atoms. The summed E-state index contributed by atoms with van der Waals surface area (Å²) in [5, 5.41) is 7.68. The molecule has 3 N–H and O–H groups in total. The van der Waals surface area contributed by atoms with Gasteiger partial charge in [0.05, 0.1) is 12.7 Å². The molecule has 0 radical (unpaired) electrons. The second-order valence-electron chi connectivity index (χ2n) is 5.35. The van der Waals surface area contributed by atoms with Crippen LogP contribution in [0.3, 0.4) is 0 Å². The number of hydrogen-bond donors (Lipinski definition) is 2. The molecule has 0 spiro atoms. The first-order valence-corrected chi connectivity index (χ1v) is 8.02. The summed E-state index contributed by atoms with van der Waals surface area (Å²) in [5.41, 5.74) is 7.42. The number of aromatic nitrogens is 3. The van der Waals surface area contributed by atoms with E-state index >= 15 is 0 Å². The number of benzene rings is 1. The van der Waals surface area contributed by atoms with Gasteiger partial charge in [-0.15, -0.1) is 0 Å². The molecule has 9 heteroatoms. The second-order valence-corrected chi connectivity index (χ2v) is 6.19. The monoisotopic (exact) mass is 377 g/mol. The number of nitrogens with zero attached hydrogens (tertiary/aromatic N) is 3. The highest BCUT2D eigenvalue weighted by atomic mass is 35.5. The Labute approximate surface area is 152 Å². The number of nitrogens with two attached hydrogens (primary N) is 1. The molecule has 3 rings (SSSR count). The summed E-state index contributed by atoms with van der Waals surface area (Å²) >= 11 is 12.1. The minimum absolute atomic E-state index is 0.247. The van der Waals surface area contributed by atoms with E-state index in [1.54, 1.807) is 24.5 Å². The van der Waals surface area contributed by atoms with Crippen molar-refractivity contribution >= 4 is 40.7 Å². The van der Waals surface area contributed by atoms with Gasteiger partial charge in [0, 0.05) is 28.9 Å². The van der Waals surface area contributed by atoms with Gasteiger partial charge in [-0.25, -0.2) is 9.50 Å². The van der Waals surface area contributed by atoms with Crippen molar-refractivity contribution in [3.8, 4) is 0 Å². The molecule has 128 valence electrons. The van der Waals surface area contributed by atoms with Gasteiger partial charge in [-0.1, -0.05) is 29.3 Å². The van der Waals surface area contributed by atoms with Gasteiger partial charge >= 0.3 is 0 Å². The summed E-state index contributed by atoms with van der Waals surface area (Å²) in [4.78, 5) is 27.1. The number of primary amides is 1. The van der Waals surface area contributed by atoms with Crippen LogP contribution < -0.4 is 11.1 Å². The summed E-state index contributed by atoms with van der Waals surface area (Å²) in [6.07, 6.45) is 5.34. The first-order chi connectivity index (χ1) is 11.9. The Hall–Kier alpha value is -2.64. The molecule has 0 aliphatic rings. The predicted octanol–water partition coefficient (Wildman–Crippen LogP) is 1.84. The van der Waals surface area contributed by atoms with E-state index < -0.39 is 11.8 Å². The Morgan fingerprint density at radius 2 is 2.04 bits per heavy atom. The molecular formula is C16H13Cl2N5O2. The second kappa shape index (κ2) is 7.08. The number of hydrogen-bond acceptors (Lipinski definition) is 4. The molecule has 1 aromatic carbocycles. The summed E-state index contributed by atoms with van der Waals surface area (Å²) in [5.74, 6) is -1.09. The fourth-order valence-corrected chi connectivity index (χ4v) is 2.79. The van der Waals surface area contributed by atoms with Crippen LogP contribution in [0.5, 0.6) is 0 Å². The maximum atomic E-state index is 12.0. The SMILES string of the molecule is NC(=O)CNC(=O)c1cnn2cc(Cc3ccc(Cl)cc3Cl)cnc12. The first kappa shape index (κ1) is 17.2. The average Bonchev–Trinajstić information content (AvgIpc) is 2.98. The number of halogens is 2. The minimum atomic E-state index is -0.625. The van der Waals surface area contributed by atoms with Crippen LogP contribution >= 0.6 is 23.2 Å². The lowest BCUT2D eigenvalue weighted by atomic mass is 10.1. The number of amides is 2. The average molecular weight is 378 g/mol. The van der Waals surface area contributed by atoms with E-state index in [1.807, 2.05) is 6.07 Å². The fraction of sp³-hybridized carbons (Fsp3) is 0.125. The zero-order valence-electron chi connectivity index (χ0n) is 12.9. The van der Waals surface area contributed by atoms with E-state index in [0.29, 0.717) is 22.1 Å². The zero-order chi connectivity index (χ0) is 18.0. The van der Waals surface area contributed by atoms with Gasteiger partial charge < -0.3 is 11.1 Å². The van der Waals surface area contributed by atoms with Gasteiger partial charge in [0.25, 0.3) is 5.91 Å². The molecule has 2 amide bonds. The maximum absolute atomic E-state index is 12.0. The maximum Gasteiger partial charge on any atom is 0.257 e. The van der Waals surface area contributed by atoms with E-state index in [0.717, 1.165) is 11.1 Å². The van der Waals surface area contributed by atoms with E-state index in [1.165, 1.54) is 10.7 Å². The largest absolute Gasteiger partial charge is 0.368 e. The standard InChI is InChI=1S/C16H13Cl2N5O2/c17-11-2-1-10(13(18)4-11)3-9-5-20-15-12(6-22-23(15)8-9)16(25)21-7-14(19)24/h1-2,4-6,8H,3,7H2,(H2,19,24)(H,21,25). The Kier molecular flexibility index (Phi) is 4.87. The van der Waals surface area contributed by atoms with Gasteiger partial charge in [-0.3, -0.25) is 9.59 Å². The molecule has 0 saturated heterocycles. The van der Waals surface area contributed by atoms with E-state index in [4.69, 9.17) is 28.9 Å². The summed E-state index contributed by atoms with van der Waals surface area (Å²) in [6, 6.07) is 5.30. The van der Waals surface area contributed by atoms with Gasteiger partial charge in [0.15, 0.2) is 5.65 Å². The molecular weight excluding hydrogens is 365 g/mol. The third-order valence-electron chi connectivity index (χ3n) is 3.49. The number of fused-ring (bicyclic) bond motifs is 1. The lowest BCUT2D eigenvalue weighted by Gasteiger charge is -2.06. The van der Waals surface area contributed by atoms with Crippen LogP contribution in [0.4, 0.5) is 0 Å². The molecule has 2 aromatic heterocycles. The van der Waals surface area contributed by atoms with Crippen molar-refractivity contribution in [1.29, 1.82) is 0 Å². The first-order valence-electron chi connectivity index (χ1n) is 7.26. The van der Waals surface area contributed by atoms with Crippen LogP contribution in [-0.4, -0.2) is 33.0 Å². The number of rotatable bonds is 5. The highest BCUT2D eigenvalue weighted by Crippen LogP contribution is 2.23. The van der Waals surface area contributed by atoms with Crippen LogP contribution in [-0.2, 0) is 11.2 Å². The highest BCUT2D eigenvalue weighted by molar-refractivity contribution is 6.35. The van der Waals surface area contributed by atoms with E-state index in [9.17, 15) is 9.59 Å². The van der Waals surface area contributed by atoms with E-state index in [2.05, 4.69) is 15.4 Å². The fourth-order valence-electron chi connectivity index (χ4n) is 2.31. The van der Waals surface area contributed by atoms with Crippen molar-refractivity contribution < 1.29 is 9.59 Å². The highest BCUT2D eigenvalue weighted by Gasteiger charge is 2.15. The Bertz CT molecular complexity index is 970. The molecule has 7 nitrogen and oxygen atoms in total. The van der Waals surface area contributed by atoms with Gasteiger partial charge in [-0.2, -0.15) is 5.10 Å². The van der Waals surface area contributed by atoms with Crippen LogP contribution in [0.15, 0.2) is 36.8 Å². The van der Waals surface area contributed by atoms with Crippen molar-refractivity contribution in [2.45, 2.75) is 6.42 Å². The van der Waals surface area contributed by atoms with Crippen molar-refractivity contribution in [1.82, 2.24) is 19.9 Å². The molecule has 0 fully saturated rings. The lowest BCUT2D eigenvalue weighted by Crippen LogP contribution is -2.33. The van der Waals surface area contributed by atoms with Gasteiger partial charge in [-0.05, 0) is 23.3 Å². The van der Waals surface area contributed by atoms with E-state index in [-0.39, 0.29) is 12.1 Å². The lowest BCUT2D eigenvalue weighted by molar-refractivity contribution is -0.117. The summed E-state index contributed by atoms with van der Waals surface area (Å²) < 4.78 is 1.50. The topological polar surface area (TPSA) is 102 Å². The Morgan fingerprint density at radius 3 is 2.76 bits per heavy atom. The van der Waals surface area contributed by atoms with Crippen LogP contribution in [0.2, 0.25) is 10.0 Å². The Balaban J connectivity index is 1.84. The minimum Gasteiger partial charge on any atom is -0.368 e. The van der Waals surface area contributed by atoms with Crippen molar-refractivity contribution in [2.24, 2.45) is 5.73 Å². The molecule has 0 saturated carbocycles. The molecule has 0 aliphatic carbocycles. The number of carbonyl (C=O) groups is 2. The third-order valence-corrected chi connectivity index (χ3v) is 4.07. The van der Waals surface area contributed by atoms with Crippen LogP contribution in [0, 0.1) is 0 Å². The number of nitrogens with one attached hydrogen (secondary N) is 1. The van der Waals surface area contributed by atoms with Crippen molar-refractivity contribution in [3.05, 3.63) is 63.5 Å². The molecule has 3 aromatic rings. The van der Waals surface area contributed by atoms with Gasteiger partial charge in [0.2, 0.25) is 5.91 Å². The molecule has 0 bridgehead atoms. The predicted molar refractivity (Wildman–Crippen MR) is 93.8 cm³/mol. The van der Waals surface area contributed by atoms with Crippen LogP contribution in [0.25, 0.3) is 5.65 Å². The number of carbonyl (C=O) groups excluding carboxylic acids is 2. The zero-order valence-corrected chi connectivity index (χ0v) is 14.4. The normalized spacial score (nSPS) is 10.8. The van der Waals surface area contributed by atoms with Crippen molar-refractivity contribution in [3.63, 3.8) is 0 Å². The smallest absolute Gasteiger partial charge is 0.257 e. The van der Waals surface area contributed by atoms with Gasteiger partial charge in [0.1, 0.15) is 5.56 Å². The van der Waals surface area contributed by atoms with Crippen LogP contribution in [0.1, 0.15) is 21.5 Å². The molecule has 2 heterocycles. The third kappa shape index (κ3) is 3.89. The quantitative estimate of drug-likeness (QED) is 0.707. The van der Waals surface area contributed by atoms with Crippen molar-refractivity contribution in [2.75, 3.05) is 6.54 Å². The molecule has 0 unspecified atom stereocenters. The molecule has 0 atom stereocenters.